The van der Waals surface area contributed by atoms with E-state index in [1.165, 1.54) is 14.2 Å². The van der Waals surface area contributed by atoms with E-state index in [9.17, 15) is 5.11 Å². The molecular weight excluding hydrogens is 314 g/mol. The summed E-state index contributed by atoms with van der Waals surface area (Å²) in [7, 11) is 2.99. The van der Waals surface area contributed by atoms with Crippen molar-refractivity contribution in [2.75, 3.05) is 14.2 Å². The normalized spacial score (nSPS) is 12.3. The highest BCUT2D eigenvalue weighted by Crippen LogP contribution is 2.36. The molecule has 0 amide bonds. The SMILES string of the molecule is COc1cc(C=Nn2c(C)csc2=NC(C)C)cc(OC)c1O. The number of aromatic nitrogens is 1. The number of thiazole rings is 1. The van der Waals surface area contributed by atoms with Crippen LogP contribution in [0, 0.1) is 6.92 Å². The second kappa shape index (κ2) is 7.32. The average molecular weight is 335 g/mol. The van der Waals surface area contributed by atoms with E-state index in [4.69, 9.17) is 9.47 Å². The molecule has 124 valence electrons. The first kappa shape index (κ1) is 17.1. The number of aromatic hydroxyl groups is 1. The molecule has 0 unspecified atom stereocenters. The Balaban J connectivity index is 2.44. The fourth-order valence-electron chi connectivity index (χ4n) is 1.95. The largest absolute Gasteiger partial charge is 0.502 e. The van der Waals surface area contributed by atoms with E-state index in [1.54, 1.807) is 34.4 Å². The Kier molecular flexibility index (Phi) is 5.44. The van der Waals surface area contributed by atoms with Gasteiger partial charge in [-0.05, 0) is 32.9 Å². The lowest BCUT2D eigenvalue weighted by atomic mass is 10.2. The molecule has 0 aliphatic rings. The first-order valence-corrected chi connectivity index (χ1v) is 8.04. The van der Waals surface area contributed by atoms with E-state index < -0.39 is 0 Å². The van der Waals surface area contributed by atoms with Crippen LogP contribution in [0.4, 0.5) is 0 Å². The Labute approximate surface area is 139 Å². The molecule has 0 aliphatic heterocycles. The molecule has 0 bridgehead atoms. The summed E-state index contributed by atoms with van der Waals surface area (Å²) in [6.45, 7) is 6.03. The summed E-state index contributed by atoms with van der Waals surface area (Å²) >= 11 is 1.55. The number of rotatable bonds is 5. The number of hydrogen-bond acceptors (Lipinski definition) is 6. The van der Waals surface area contributed by atoms with E-state index in [0.29, 0.717) is 11.5 Å². The molecule has 1 aromatic heterocycles. The van der Waals surface area contributed by atoms with Gasteiger partial charge in [0.15, 0.2) is 11.5 Å². The molecule has 0 aliphatic carbocycles. The third-order valence-corrected chi connectivity index (χ3v) is 3.99. The summed E-state index contributed by atoms with van der Waals surface area (Å²) in [6.07, 6.45) is 1.68. The summed E-state index contributed by atoms with van der Waals surface area (Å²) < 4.78 is 12.1. The summed E-state index contributed by atoms with van der Waals surface area (Å²) in [5, 5.41) is 16.4. The molecule has 1 N–H and O–H groups in total. The van der Waals surface area contributed by atoms with Gasteiger partial charge in [-0.3, -0.25) is 4.99 Å². The van der Waals surface area contributed by atoms with Crippen molar-refractivity contribution in [3.63, 3.8) is 0 Å². The number of phenols is 1. The third kappa shape index (κ3) is 3.92. The van der Waals surface area contributed by atoms with E-state index in [-0.39, 0.29) is 11.8 Å². The first-order valence-electron chi connectivity index (χ1n) is 7.16. The maximum absolute atomic E-state index is 9.94. The lowest BCUT2D eigenvalue weighted by molar-refractivity contribution is 0.340. The minimum atomic E-state index is -0.0259. The molecule has 0 atom stereocenters. The van der Waals surface area contributed by atoms with Crippen LogP contribution in [0.5, 0.6) is 17.2 Å². The van der Waals surface area contributed by atoms with Crippen molar-refractivity contribution < 1.29 is 14.6 Å². The van der Waals surface area contributed by atoms with Crippen molar-refractivity contribution in [1.29, 1.82) is 0 Å². The molecule has 1 aromatic carbocycles. The monoisotopic (exact) mass is 335 g/mol. The minimum Gasteiger partial charge on any atom is -0.502 e. The van der Waals surface area contributed by atoms with Gasteiger partial charge in [0.2, 0.25) is 10.6 Å². The number of nitrogens with zero attached hydrogens (tertiary/aromatic N) is 3. The van der Waals surface area contributed by atoms with Gasteiger partial charge < -0.3 is 14.6 Å². The number of phenolic OH excluding ortho intramolecular Hbond substituents is 1. The quantitative estimate of drug-likeness (QED) is 0.854. The molecule has 7 heteroatoms. The number of aryl methyl sites for hydroxylation is 1. The molecule has 1 heterocycles. The fourth-order valence-corrected chi connectivity index (χ4v) is 2.89. The van der Waals surface area contributed by atoms with Crippen molar-refractivity contribution in [2.45, 2.75) is 26.8 Å². The molecule has 0 radical (unpaired) electrons. The highest BCUT2D eigenvalue weighted by atomic mass is 32.1. The third-order valence-electron chi connectivity index (χ3n) is 3.04. The Morgan fingerprint density at radius 2 is 1.83 bits per heavy atom. The topological polar surface area (TPSA) is 68.3 Å². The number of benzene rings is 1. The molecule has 0 spiro atoms. The van der Waals surface area contributed by atoms with Crippen molar-refractivity contribution >= 4 is 17.6 Å². The van der Waals surface area contributed by atoms with E-state index in [1.807, 2.05) is 26.2 Å². The van der Waals surface area contributed by atoms with Gasteiger partial charge in [0.25, 0.3) is 0 Å². The molecule has 0 saturated carbocycles. The van der Waals surface area contributed by atoms with Crippen molar-refractivity contribution in [1.82, 2.24) is 4.68 Å². The zero-order chi connectivity index (χ0) is 17.0. The van der Waals surface area contributed by atoms with E-state index in [2.05, 4.69) is 10.1 Å². The standard InChI is InChI=1S/C16H21N3O3S/c1-10(2)18-16-19(11(3)9-23-16)17-8-12-6-13(21-4)15(20)14(7-12)22-5/h6-10,20H,1-5H3. The Hall–Kier alpha value is -2.28. The van der Waals surface area contributed by atoms with Crippen LogP contribution in [0.15, 0.2) is 27.6 Å². The molecular formula is C16H21N3O3S. The maximum atomic E-state index is 9.94. The highest BCUT2D eigenvalue weighted by molar-refractivity contribution is 7.07. The number of ether oxygens (including phenoxy) is 2. The van der Waals surface area contributed by atoms with Crippen LogP contribution in [0.25, 0.3) is 0 Å². The first-order chi connectivity index (χ1) is 11.0. The summed E-state index contributed by atoms with van der Waals surface area (Å²) in [6, 6.07) is 3.59. The smallest absolute Gasteiger partial charge is 0.206 e. The maximum Gasteiger partial charge on any atom is 0.206 e. The molecule has 2 aromatic rings. The second-order valence-corrected chi connectivity index (χ2v) is 6.05. The summed E-state index contributed by atoms with van der Waals surface area (Å²) in [4.78, 5) is 5.39. The van der Waals surface area contributed by atoms with Crippen LogP contribution in [0.3, 0.4) is 0 Å². The van der Waals surface area contributed by atoms with Crippen LogP contribution < -0.4 is 14.3 Å². The average Bonchev–Trinajstić information content (AvgIpc) is 2.85. The zero-order valence-corrected chi connectivity index (χ0v) is 14.7. The second-order valence-electron chi connectivity index (χ2n) is 5.21. The van der Waals surface area contributed by atoms with Crippen LogP contribution in [-0.2, 0) is 0 Å². The molecule has 2 rings (SSSR count). The Morgan fingerprint density at radius 3 is 2.35 bits per heavy atom. The van der Waals surface area contributed by atoms with Crippen molar-refractivity contribution in [3.05, 3.63) is 33.6 Å². The molecule has 6 nitrogen and oxygen atoms in total. The lowest BCUT2D eigenvalue weighted by Gasteiger charge is -2.09. The minimum absolute atomic E-state index is 0.0259. The van der Waals surface area contributed by atoms with Gasteiger partial charge in [0.05, 0.1) is 26.1 Å². The van der Waals surface area contributed by atoms with Gasteiger partial charge in [0, 0.05) is 17.0 Å². The van der Waals surface area contributed by atoms with Crippen molar-refractivity contribution in [3.8, 4) is 17.2 Å². The fraction of sp³-hybridized carbons (Fsp3) is 0.375. The zero-order valence-electron chi connectivity index (χ0n) is 13.9. The number of methoxy groups -OCH3 is 2. The van der Waals surface area contributed by atoms with Crippen LogP contribution >= 0.6 is 11.3 Å². The van der Waals surface area contributed by atoms with E-state index in [0.717, 1.165) is 16.1 Å². The predicted molar refractivity (Wildman–Crippen MR) is 91.9 cm³/mol. The van der Waals surface area contributed by atoms with Gasteiger partial charge in [-0.2, -0.15) is 5.10 Å². The molecule has 0 fully saturated rings. The van der Waals surface area contributed by atoms with E-state index >= 15 is 0 Å². The van der Waals surface area contributed by atoms with Gasteiger partial charge in [0.1, 0.15) is 0 Å². The Bertz CT molecular complexity index is 750. The Morgan fingerprint density at radius 1 is 1.22 bits per heavy atom. The van der Waals surface area contributed by atoms with Gasteiger partial charge in [-0.1, -0.05) is 0 Å². The van der Waals surface area contributed by atoms with Gasteiger partial charge >= 0.3 is 0 Å². The summed E-state index contributed by atoms with van der Waals surface area (Å²) in [5.74, 6) is 0.650. The lowest BCUT2D eigenvalue weighted by Crippen LogP contribution is -2.14. The molecule has 23 heavy (non-hydrogen) atoms. The molecule has 0 saturated heterocycles. The van der Waals surface area contributed by atoms with Crippen LogP contribution in [0.1, 0.15) is 25.1 Å². The summed E-state index contributed by atoms with van der Waals surface area (Å²) in [5.41, 5.74) is 1.76. The predicted octanol–water partition coefficient (Wildman–Crippen LogP) is 2.77. The highest BCUT2D eigenvalue weighted by Gasteiger charge is 2.10. The van der Waals surface area contributed by atoms with Crippen molar-refractivity contribution in [2.24, 2.45) is 10.1 Å². The van der Waals surface area contributed by atoms with Gasteiger partial charge in [-0.25, -0.2) is 4.68 Å². The van der Waals surface area contributed by atoms with Crippen LogP contribution in [0.2, 0.25) is 0 Å². The number of hydrogen-bond donors (Lipinski definition) is 1. The van der Waals surface area contributed by atoms with Gasteiger partial charge in [-0.15, -0.1) is 11.3 Å². The van der Waals surface area contributed by atoms with Crippen LogP contribution in [-0.4, -0.2) is 36.3 Å².